The van der Waals surface area contributed by atoms with Crippen LogP contribution in [0.4, 0.5) is 5.95 Å². The lowest BCUT2D eigenvalue weighted by molar-refractivity contribution is 0.602. The maximum absolute atomic E-state index is 11.9. The van der Waals surface area contributed by atoms with Gasteiger partial charge in [0.05, 0.1) is 3.79 Å². The molecule has 2 rings (SSSR count). The lowest BCUT2D eigenvalue weighted by Gasteiger charge is -2.03. The minimum absolute atomic E-state index is 0.0537. The highest BCUT2D eigenvalue weighted by Gasteiger charge is 2.17. The Balaban J connectivity index is 2.29. The summed E-state index contributed by atoms with van der Waals surface area (Å²) in [6, 6.07) is 4.60. The Morgan fingerprint density at radius 2 is 2.12 bits per heavy atom. The molecule has 1 N–H and O–H groups in total. The second-order valence-corrected chi connectivity index (χ2v) is 7.63. The normalized spacial score (nSPS) is 11.4. The Hall–Kier alpha value is -0.700. The van der Waals surface area contributed by atoms with Gasteiger partial charge in [0.25, 0.3) is 10.0 Å². The molecule has 17 heavy (non-hydrogen) atoms. The van der Waals surface area contributed by atoms with E-state index in [0.717, 1.165) is 15.1 Å². The van der Waals surface area contributed by atoms with Gasteiger partial charge in [-0.1, -0.05) is 11.6 Å². The molecule has 5 nitrogen and oxygen atoms in total. The predicted molar refractivity (Wildman–Crippen MR) is 69.9 cm³/mol. The number of nitrogens with one attached hydrogen (secondary N) is 1. The summed E-state index contributed by atoms with van der Waals surface area (Å²) in [6.45, 7) is 0. The second kappa shape index (κ2) is 4.89. The molecule has 9 heteroatoms. The van der Waals surface area contributed by atoms with Crippen molar-refractivity contribution in [3.8, 4) is 0 Å². The van der Waals surface area contributed by atoms with Gasteiger partial charge in [0.2, 0.25) is 5.95 Å². The molecule has 0 aliphatic rings. The van der Waals surface area contributed by atoms with Gasteiger partial charge in [-0.25, -0.2) is 23.1 Å². The van der Waals surface area contributed by atoms with Crippen molar-refractivity contribution in [3.05, 3.63) is 33.3 Å². The third kappa shape index (κ3) is 3.15. The molecule has 90 valence electrons. The van der Waals surface area contributed by atoms with Crippen LogP contribution in [-0.2, 0) is 10.0 Å². The lowest BCUT2D eigenvalue weighted by Crippen LogP contribution is -2.13. The van der Waals surface area contributed by atoms with Crippen LogP contribution in [0.25, 0.3) is 0 Å². The van der Waals surface area contributed by atoms with E-state index in [1.807, 2.05) is 0 Å². The van der Waals surface area contributed by atoms with Gasteiger partial charge in [-0.15, -0.1) is 11.3 Å². The molecule has 0 spiro atoms. The number of nitrogens with zero attached hydrogens (tertiary/aromatic N) is 2. The molecular formula is C8H5BrClN3O2S2. The number of halogens is 2. The van der Waals surface area contributed by atoms with E-state index in [1.54, 1.807) is 6.07 Å². The van der Waals surface area contributed by atoms with Gasteiger partial charge in [-0.3, -0.25) is 0 Å². The fraction of sp³-hybridized carbons (Fsp3) is 0. The van der Waals surface area contributed by atoms with Crippen LogP contribution >= 0.6 is 38.9 Å². The Morgan fingerprint density at radius 3 is 2.71 bits per heavy atom. The van der Waals surface area contributed by atoms with Gasteiger partial charge in [0.1, 0.15) is 9.36 Å². The Bertz CT molecular complexity index is 644. The molecule has 0 saturated heterocycles. The van der Waals surface area contributed by atoms with Crippen LogP contribution < -0.4 is 4.72 Å². The first kappa shape index (κ1) is 12.7. The molecule has 0 aliphatic carbocycles. The number of hydrogen-bond acceptors (Lipinski definition) is 5. The average Bonchev–Trinajstić information content (AvgIpc) is 2.65. The van der Waals surface area contributed by atoms with Gasteiger partial charge in [0.15, 0.2) is 0 Å². The van der Waals surface area contributed by atoms with Crippen molar-refractivity contribution >= 4 is 54.8 Å². The molecule has 0 fully saturated rings. The Kier molecular flexibility index (Phi) is 3.67. The number of sulfonamides is 1. The summed E-state index contributed by atoms with van der Waals surface area (Å²) in [6.07, 6.45) is 1.37. The number of anilines is 1. The first-order valence-electron chi connectivity index (χ1n) is 4.24. The summed E-state index contributed by atoms with van der Waals surface area (Å²) in [7, 11) is -3.65. The third-order valence-corrected chi connectivity index (χ3v) is 5.31. The maximum atomic E-state index is 11.9. The van der Waals surface area contributed by atoms with Crippen molar-refractivity contribution in [2.45, 2.75) is 4.21 Å². The molecule has 0 radical (unpaired) electrons. The van der Waals surface area contributed by atoms with E-state index in [2.05, 4.69) is 30.6 Å². The van der Waals surface area contributed by atoms with Crippen molar-refractivity contribution in [3.63, 3.8) is 0 Å². The maximum Gasteiger partial charge on any atom is 0.273 e. The van der Waals surface area contributed by atoms with Crippen LogP contribution in [-0.4, -0.2) is 18.4 Å². The first-order chi connectivity index (χ1) is 7.97. The van der Waals surface area contributed by atoms with Crippen LogP contribution in [0.2, 0.25) is 5.15 Å². The quantitative estimate of drug-likeness (QED) is 0.860. The summed E-state index contributed by atoms with van der Waals surface area (Å²) in [5.74, 6) is -0.0537. The van der Waals surface area contributed by atoms with Crippen LogP contribution in [0.3, 0.4) is 0 Å². The van der Waals surface area contributed by atoms with Crippen molar-refractivity contribution < 1.29 is 8.42 Å². The molecule has 0 unspecified atom stereocenters. The fourth-order valence-corrected chi connectivity index (χ4v) is 4.10. The standard InChI is InChI=1S/C8H5BrClN3O2S2/c9-5-1-2-7(16-5)17(14,15)13-8-11-4-3-6(10)12-8/h1-4H,(H,11,12,13). The highest BCUT2D eigenvalue weighted by molar-refractivity contribution is 9.11. The summed E-state index contributed by atoms with van der Waals surface area (Å²) in [4.78, 5) is 7.51. The molecule has 2 heterocycles. The molecule has 0 aromatic carbocycles. The zero-order chi connectivity index (χ0) is 12.5. The van der Waals surface area contributed by atoms with Crippen LogP contribution in [0.5, 0.6) is 0 Å². The second-order valence-electron chi connectivity index (χ2n) is 2.87. The van der Waals surface area contributed by atoms with Gasteiger partial charge in [0, 0.05) is 6.20 Å². The molecule has 0 saturated carbocycles. The molecule has 0 amide bonds. The lowest BCUT2D eigenvalue weighted by atomic mass is 10.7. The summed E-state index contributed by atoms with van der Waals surface area (Å²) in [5.41, 5.74) is 0. The topological polar surface area (TPSA) is 72.0 Å². The molecule has 2 aromatic heterocycles. The smallest absolute Gasteiger partial charge is 0.246 e. The minimum atomic E-state index is -3.65. The van der Waals surface area contributed by atoms with Crippen LogP contribution in [0.1, 0.15) is 0 Å². The van der Waals surface area contributed by atoms with Crippen molar-refractivity contribution in [1.29, 1.82) is 0 Å². The van der Waals surface area contributed by atoms with Crippen molar-refractivity contribution in [2.24, 2.45) is 0 Å². The Morgan fingerprint density at radius 1 is 1.35 bits per heavy atom. The SMILES string of the molecule is O=S(=O)(Nc1nccc(Cl)n1)c1ccc(Br)s1. The van der Waals surface area contributed by atoms with E-state index in [9.17, 15) is 8.42 Å². The number of thiophene rings is 1. The minimum Gasteiger partial charge on any atom is -0.246 e. The van der Waals surface area contributed by atoms with E-state index in [-0.39, 0.29) is 15.3 Å². The number of rotatable bonds is 3. The largest absolute Gasteiger partial charge is 0.273 e. The van der Waals surface area contributed by atoms with E-state index in [0.29, 0.717) is 0 Å². The van der Waals surface area contributed by atoms with Gasteiger partial charge >= 0.3 is 0 Å². The highest BCUT2D eigenvalue weighted by Crippen LogP contribution is 2.27. The Labute approximate surface area is 115 Å². The summed E-state index contributed by atoms with van der Waals surface area (Å²) < 4.78 is 26.9. The van der Waals surface area contributed by atoms with E-state index >= 15 is 0 Å². The van der Waals surface area contributed by atoms with Gasteiger partial charge < -0.3 is 0 Å². The van der Waals surface area contributed by atoms with E-state index < -0.39 is 10.0 Å². The molecular weight excluding hydrogens is 350 g/mol. The van der Waals surface area contributed by atoms with Crippen molar-refractivity contribution in [2.75, 3.05) is 4.72 Å². The molecule has 0 aliphatic heterocycles. The van der Waals surface area contributed by atoms with E-state index in [4.69, 9.17) is 11.6 Å². The van der Waals surface area contributed by atoms with E-state index in [1.165, 1.54) is 18.3 Å². The third-order valence-electron chi connectivity index (χ3n) is 1.66. The first-order valence-corrected chi connectivity index (χ1v) is 7.71. The molecule has 0 atom stereocenters. The van der Waals surface area contributed by atoms with Gasteiger partial charge in [-0.2, -0.15) is 0 Å². The summed E-state index contributed by atoms with van der Waals surface area (Å²) in [5, 5.41) is 0.171. The molecule has 0 bridgehead atoms. The van der Waals surface area contributed by atoms with Gasteiger partial charge in [-0.05, 0) is 34.1 Å². The summed E-state index contributed by atoms with van der Waals surface area (Å²) >= 11 is 9.92. The fourth-order valence-electron chi connectivity index (χ4n) is 0.998. The number of hydrogen-bond donors (Lipinski definition) is 1. The average molecular weight is 355 g/mol. The monoisotopic (exact) mass is 353 g/mol. The zero-order valence-electron chi connectivity index (χ0n) is 8.09. The zero-order valence-corrected chi connectivity index (χ0v) is 12.1. The van der Waals surface area contributed by atoms with Crippen LogP contribution in [0, 0.1) is 0 Å². The number of aromatic nitrogens is 2. The molecule has 2 aromatic rings. The predicted octanol–water partition coefficient (Wildman–Crippen LogP) is 2.75. The van der Waals surface area contributed by atoms with Crippen LogP contribution in [0.15, 0.2) is 32.4 Å². The van der Waals surface area contributed by atoms with Crippen molar-refractivity contribution in [1.82, 2.24) is 9.97 Å². The highest BCUT2D eigenvalue weighted by atomic mass is 79.9.